The van der Waals surface area contributed by atoms with Crippen molar-refractivity contribution in [3.05, 3.63) is 71.8 Å². The van der Waals surface area contributed by atoms with E-state index in [4.69, 9.17) is 9.47 Å². The molecular weight excluding hydrogens is 441 g/mol. The topological polar surface area (TPSA) is 88.9 Å². The van der Waals surface area contributed by atoms with Gasteiger partial charge in [-0.1, -0.05) is 18.2 Å². The minimum Gasteiger partial charge on any atom is -0.454 e. The van der Waals surface area contributed by atoms with E-state index in [1.165, 1.54) is 29.1 Å². The fraction of sp³-hybridized carbons (Fsp3) is 0.292. The summed E-state index contributed by atoms with van der Waals surface area (Å²) >= 11 is 0. The smallest absolute Gasteiger partial charge is 0.258 e. The van der Waals surface area contributed by atoms with Crippen molar-refractivity contribution in [2.24, 2.45) is 0 Å². The van der Waals surface area contributed by atoms with Crippen molar-refractivity contribution in [1.82, 2.24) is 19.6 Å². The van der Waals surface area contributed by atoms with E-state index in [-0.39, 0.29) is 24.8 Å². The third kappa shape index (κ3) is 4.86. The van der Waals surface area contributed by atoms with Crippen molar-refractivity contribution >= 4 is 17.5 Å². The van der Waals surface area contributed by atoms with Gasteiger partial charge in [-0.05, 0) is 29.8 Å². The number of aromatic nitrogens is 2. The van der Waals surface area contributed by atoms with E-state index in [9.17, 15) is 14.0 Å². The summed E-state index contributed by atoms with van der Waals surface area (Å²) in [5.74, 6) is 0.336. The van der Waals surface area contributed by atoms with Crippen molar-refractivity contribution in [3.8, 4) is 11.5 Å². The molecule has 0 spiro atoms. The number of nitrogens with zero attached hydrogens (tertiary/aromatic N) is 4. The van der Waals surface area contributed by atoms with E-state index in [2.05, 4.69) is 15.3 Å². The van der Waals surface area contributed by atoms with Crippen molar-refractivity contribution in [3.63, 3.8) is 0 Å². The third-order valence-electron chi connectivity index (χ3n) is 5.88. The highest BCUT2D eigenvalue weighted by Gasteiger charge is 2.22. The first kappa shape index (κ1) is 21.9. The monoisotopic (exact) mass is 465 g/mol. The Morgan fingerprint density at radius 3 is 2.65 bits per heavy atom. The average Bonchev–Trinajstić information content (AvgIpc) is 3.48. The van der Waals surface area contributed by atoms with Crippen molar-refractivity contribution in [2.45, 2.75) is 13.1 Å². The summed E-state index contributed by atoms with van der Waals surface area (Å²) in [5.41, 5.74) is 1.49. The number of amides is 2. The quantitative estimate of drug-likeness (QED) is 0.601. The molecule has 0 atom stereocenters. The van der Waals surface area contributed by atoms with Crippen LogP contribution in [0.2, 0.25) is 0 Å². The van der Waals surface area contributed by atoms with Gasteiger partial charge >= 0.3 is 0 Å². The molecule has 10 heteroatoms. The number of carbonyl (C=O) groups excluding carboxylic acids is 2. The Kier molecular flexibility index (Phi) is 6.13. The zero-order valence-electron chi connectivity index (χ0n) is 18.4. The summed E-state index contributed by atoms with van der Waals surface area (Å²) in [7, 11) is 0. The van der Waals surface area contributed by atoms with E-state index < -0.39 is 11.7 Å². The number of fused-ring (bicyclic) bond motifs is 1. The van der Waals surface area contributed by atoms with Crippen LogP contribution in [0.15, 0.2) is 54.9 Å². The Labute approximate surface area is 195 Å². The maximum Gasteiger partial charge on any atom is 0.258 e. The molecule has 1 N–H and O–H groups in total. The Hall–Kier alpha value is -3.92. The second kappa shape index (κ2) is 9.52. The first-order valence-electron chi connectivity index (χ1n) is 11.0. The van der Waals surface area contributed by atoms with Crippen LogP contribution in [0.4, 0.5) is 10.1 Å². The highest BCUT2D eigenvalue weighted by atomic mass is 19.1. The van der Waals surface area contributed by atoms with Gasteiger partial charge in [0, 0.05) is 38.9 Å². The molecule has 1 aromatic heterocycles. The van der Waals surface area contributed by atoms with Gasteiger partial charge in [-0.2, -0.15) is 5.10 Å². The van der Waals surface area contributed by atoms with Gasteiger partial charge in [0.05, 0.1) is 17.4 Å². The number of hydrogen-bond acceptors (Lipinski definition) is 6. The number of hydrogen-bond donors (Lipinski definition) is 1. The predicted molar refractivity (Wildman–Crippen MR) is 121 cm³/mol. The second-order valence-electron chi connectivity index (χ2n) is 8.21. The maximum absolute atomic E-state index is 13.8. The van der Waals surface area contributed by atoms with Gasteiger partial charge in [0.15, 0.2) is 11.5 Å². The lowest BCUT2D eigenvalue weighted by molar-refractivity contribution is -0.133. The zero-order chi connectivity index (χ0) is 23.5. The van der Waals surface area contributed by atoms with Crippen molar-refractivity contribution in [1.29, 1.82) is 0 Å². The second-order valence-corrected chi connectivity index (χ2v) is 8.21. The summed E-state index contributed by atoms with van der Waals surface area (Å²) in [6.45, 7) is 3.89. The van der Waals surface area contributed by atoms with Crippen LogP contribution in [0.5, 0.6) is 11.5 Å². The highest BCUT2D eigenvalue weighted by molar-refractivity contribution is 6.04. The van der Waals surface area contributed by atoms with E-state index in [0.717, 1.165) is 36.7 Å². The van der Waals surface area contributed by atoms with Gasteiger partial charge < -0.3 is 19.7 Å². The summed E-state index contributed by atoms with van der Waals surface area (Å²) in [4.78, 5) is 29.1. The van der Waals surface area contributed by atoms with Crippen molar-refractivity contribution in [2.75, 3.05) is 38.3 Å². The molecule has 3 heterocycles. The van der Waals surface area contributed by atoms with Gasteiger partial charge in [-0.3, -0.25) is 19.2 Å². The number of rotatable bonds is 6. The molecular formula is C24H24FN5O4. The van der Waals surface area contributed by atoms with Crippen LogP contribution < -0.4 is 14.8 Å². The largest absolute Gasteiger partial charge is 0.454 e. The Bertz CT molecular complexity index is 1210. The normalized spacial score (nSPS) is 15.4. The number of halogens is 1. The lowest BCUT2D eigenvalue weighted by atomic mass is 10.1. The van der Waals surface area contributed by atoms with Crippen LogP contribution >= 0.6 is 0 Å². The van der Waals surface area contributed by atoms with E-state index in [1.807, 2.05) is 23.1 Å². The SMILES string of the molecule is O=C(Nc1cnn(CC(=O)N2CCN(Cc3ccc4c(c3)OCO4)CC2)c1)c1ccccc1F. The molecule has 0 unspecified atom stereocenters. The molecule has 0 aliphatic carbocycles. The van der Waals surface area contributed by atoms with E-state index in [0.29, 0.717) is 18.8 Å². The molecule has 9 nitrogen and oxygen atoms in total. The van der Waals surface area contributed by atoms with Crippen LogP contribution in [0.1, 0.15) is 15.9 Å². The fourth-order valence-electron chi connectivity index (χ4n) is 4.05. The van der Waals surface area contributed by atoms with Gasteiger partial charge in [0.1, 0.15) is 12.4 Å². The molecule has 5 rings (SSSR count). The minimum atomic E-state index is -0.597. The number of benzene rings is 2. The van der Waals surface area contributed by atoms with Gasteiger partial charge in [-0.25, -0.2) is 4.39 Å². The Morgan fingerprint density at radius 2 is 1.82 bits per heavy atom. The first-order valence-corrected chi connectivity index (χ1v) is 11.0. The van der Waals surface area contributed by atoms with Gasteiger partial charge in [0.2, 0.25) is 12.7 Å². The maximum atomic E-state index is 13.8. The molecule has 1 saturated heterocycles. The summed E-state index contributed by atoms with van der Waals surface area (Å²) in [6, 6.07) is 11.7. The molecule has 0 bridgehead atoms. The summed E-state index contributed by atoms with van der Waals surface area (Å²) < 4.78 is 26.1. The number of ether oxygens (including phenoxy) is 2. The van der Waals surface area contributed by atoms with Gasteiger partial charge in [0.25, 0.3) is 5.91 Å². The molecule has 2 amide bonds. The molecule has 176 valence electrons. The third-order valence-corrected chi connectivity index (χ3v) is 5.88. The summed E-state index contributed by atoms with van der Waals surface area (Å²) in [6.07, 6.45) is 3.00. The van der Waals surface area contributed by atoms with E-state index >= 15 is 0 Å². The molecule has 3 aromatic rings. The van der Waals surface area contributed by atoms with E-state index in [1.54, 1.807) is 12.3 Å². The lowest BCUT2D eigenvalue weighted by Crippen LogP contribution is -2.49. The van der Waals surface area contributed by atoms with Crippen LogP contribution in [0.3, 0.4) is 0 Å². The molecule has 34 heavy (non-hydrogen) atoms. The average molecular weight is 465 g/mol. The zero-order valence-corrected chi connectivity index (χ0v) is 18.4. The fourth-order valence-corrected chi connectivity index (χ4v) is 4.05. The standard InChI is InChI=1S/C24H24FN5O4/c25-20-4-2-1-3-19(20)24(32)27-18-12-26-30(14-18)15-23(31)29-9-7-28(8-10-29)13-17-5-6-21-22(11-17)34-16-33-21/h1-6,11-12,14H,7-10,13,15-16H2,(H,27,32). The molecule has 2 aromatic carbocycles. The molecule has 0 radical (unpaired) electrons. The Morgan fingerprint density at radius 1 is 1.03 bits per heavy atom. The van der Waals surface area contributed by atoms with Crippen LogP contribution in [0, 0.1) is 5.82 Å². The molecule has 2 aliphatic heterocycles. The molecule has 1 fully saturated rings. The van der Waals surface area contributed by atoms with Crippen LogP contribution in [-0.2, 0) is 17.9 Å². The highest BCUT2D eigenvalue weighted by Crippen LogP contribution is 2.32. The van der Waals surface area contributed by atoms with Crippen LogP contribution in [0.25, 0.3) is 0 Å². The number of nitrogens with one attached hydrogen (secondary N) is 1. The molecule has 2 aliphatic rings. The summed E-state index contributed by atoms with van der Waals surface area (Å²) in [5, 5.41) is 6.75. The Balaban J connectivity index is 1.10. The first-order chi connectivity index (χ1) is 16.5. The minimum absolute atomic E-state index is 0.0437. The number of piperazine rings is 1. The number of carbonyl (C=O) groups is 2. The molecule has 0 saturated carbocycles. The van der Waals surface area contributed by atoms with Crippen molar-refractivity contribution < 1.29 is 23.5 Å². The predicted octanol–water partition coefficient (Wildman–Crippen LogP) is 2.35. The number of anilines is 1. The lowest BCUT2D eigenvalue weighted by Gasteiger charge is -2.34. The van der Waals surface area contributed by atoms with Gasteiger partial charge in [-0.15, -0.1) is 0 Å². The van der Waals surface area contributed by atoms with Crippen LogP contribution in [-0.4, -0.2) is 64.4 Å².